The number of carbonyl (C=O) groups excluding carboxylic acids is 1. The van der Waals surface area contributed by atoms with Crippen LogP contribution in [0.15, 0.2) is 48.5 Å². The first-order valence-electron chi connectivity index (χ1n) is 8.61. The van der Waals surface area contributed by atoms with E-state index in [9.17, 15) is 18.7 Å². The van der Waals surface area contributed by atoms with Gasteiger partial charge in [0.05, 0.1) is 0 Å². The van der Waals surface area contributed by atoms with Crippen molar-refractivity contribution in [1.29, 1.82) is 0 Å². The third kappa shape index (κ3) is 4.58. The Morgan fingerprint density at radius 2 is 1.62 bits per heavy atom. The molecule has 1 N–H and O–H groups in total. The summed E-state index contributed by atoms with van der Waals surface area (Å²) in [5.41, 5.74) is -0.619. The third-order valence-electron chi connectivity index (χ3n) is 4.62. The Bertz CT molecular complexity index is 749. The van der Waals surface area contributed by atoms with E-state index in [1.807, 2.05) is 0 Å². The van der Waals surface area contributed by atoms with Crippen molar-refractivity contribution in [3.8, 4) is 5.75 Å². The largest absolute Gasteiger partial charge is 0.491 e. The number of likely N-dealkylation sites (tertiary alicyclic amines) is 1. The van der Waals surface area contributed by atoms with E-state index in [-0.39, 0.29) is 24.1 Å². The average Bonchev–Trinajstić information content (AvgIpc) is 2.84. The molecule has 1 aliphatic rings. The lowest BCUT2D eigenvalue weighted by Crippen LogP contribution is -2.38. The second-order valence-electron chi connectivity index (χ2n) is 6.62. The van der Waals surface area contributed by atoms with Gasteiger partial charge in [0.15, 0.2) is 0 Å². The number of aliphatic hydroxyl groups is 1. The fraction of sp³-hybridized carbons (Fsp3) is 0.350. The molecule has 0 radical (unpaired) electrons. The Kier molecular flexibility index (Phi) is 5.52. The molecule has 1 aliphatic heterocycles. The highest BCUT2D eigenvalue weighted by Crippen LogP contribution is 2.25. The molecule has 0 bridgehead atoms. The van der Waals surface area contributed by atoms with Crippen LogP contribution in [0.4, 0.5) is 8.78 Å². The maximum absolute atomic E-state index is 13.0. The highest BCUT2D eigenvalue weighted by molar-refractivity contribution is 5.94. The smallest absolute Gasteiger partial charge is 0.253 e. The first-order chi connectivity index (χ1) is 12.5. The minimum Gasteiger partial charge on any atom is -0.491 e. The van der Waals surface area contributed by atoms with Crippen molar-refractivity contribution in [2.75, 3.05) is 19.7 Å². The highest BCUT2D eigenvalue weighted by Gasteiger charge is 2.32. The van der Waals surface area contributed by atoms with E-state index < -0.39 is 5.60 Å². The van der Waals surface area contributed by atoms with Gasteiger partial charge in [-0.2, -0.15) is 0 Å². The van der Waals surface area contributed by atoms with Crippen molar-refractivity contribution in [3.05, 3.63) is 65.7 Å². The lowest BCUT2D eigenvalue weighted by Gasteiger charge is -2.27. The van der Waals surface area contributed by atoms with Gasteiger partial charge in [-0.15, -0.1) is 0 Å². The summed E-state index contributed by atoms with van der Waals surface area (Å²) in [6.45, 7) is 0.992. The zero-order valence-electron chi connectivity index (χ0n) is 14.3. The summed E-state index contributed by atoms with van der Waals surface area (Å²) in [7, 11) is 0. The summed E-state index contributed by atoms with van der Waals surface area (Å²) in [6, 6.07) is 11.1. The Balaban J connectivity index is 1.58. The van der Waals surface area contributed by atoms with Gasteiger partial charge in [-0.3, -0.25) is 4.79 Å². The second-order valence-corrected chi connectivity index (χ2v) is 6.62. The van der Waals surface area contributed by atoms with Crippen molar-refractivity contribution in [3.63, 3.8) is 0 Å². The molecule has 138 valence electrons. The molecule has 6 heteroatoms. The van der Waals surface area contributed by atoms with Gasteiger partial charge in [-0.25, -0.2) is 8.78 Å². The molecule has 2 aromatic carbocycles. The molecule has 0 spiro atoms. The first kappa shape index (κ1) is 18.3. The summed E-state index contributed by atoms with van der Waals surface area (Å²) in [5.74, 6) is -0.415. The fourth-order valence-electron chi connectivity index (χ4n) is 3.05. The van der Waals surface area contributed by atoms with Crippen LogP contribution in [0.2, 0.25) is 0 Å². The van der Waals surface area contributed by atoms with Crippen molar-refractivity contribution >= 4 is 5.91 Å². The van der Waals surface area contributed by atoms with Crippen molar-refractivity contribution < 1.29 is 23.4 Å². The van der Waals surface area contributed by atoms with E-state index in [4.69, 9.17) is 4.74 Å². The average molecular weight is 361 g/mol. The molecule has 1 heterocycles. The molecule has 0 aromatic heterocycles. The van der Waals surface area contributed by atoms with Gasteiger partial charge in [0, 0.05) is 18.7 Å². The lowest BCUT2D eigenvalue weighted by atomic mass is 9.96. The number of halogens is 2. The molecular formula is C20H21F2NO3. The van der Waals surface area contributed by atoms with E-state index >= 15 is 0 Å². The monoisotopic (exact) mass is 361 g/mol. The van der Waals surface area contributed by atoms with Gasteiger partial charge in [0.25, 0.3) is 5.91 Å². The first-order valence-corrected chi connectivity index (χ1v) is 8.61. The molecule has 26 heavy (non-hydrogen) atoms. The molecule has 1 atom stereocenters. The molecule has 2 aromatic rings. The fourth-order valence-corrected chi connectivity index (χ4v) is 3.05. The molecule has 1 fully saturated rings. The quantitative estimate of drug-likeness (QED) is 0.908. The molecular weight excluding hydrogens is 340 g/mol. The molecule has 3 rings (SSSR count). The Labute approximate surface area is 151 Å². The van der Waals surface area contributed by atoms with Crippen LogP contribution in [-0.2, 0) is 0 Å². The number of amides is 1. The van der Waals surface area contributed by atoms with Crippen LogP contribution in [0.25, 0.3) is 0 Å². The predicted octanol–water partition coefficient (Wildman–Crippen LogP) is 3.40. The molecule has 1 saturated heterocycles. The third-order valence-corrected chi connectivity index (χ3v) is 4.62. The maximum Gasteiger partial charge on any atom is 0.253 e. The van der Waals surface area contributed by atoms with Crippen LogP contribution in [-0.4, -0.2) is 41.2 Å². The topological polar surface area (TPSA) is 49.8 Å². The van der Waals surface area contributed by atoms with E-state index in [2.05, 4.69) is 0 Å². The zero-order valence-corrected chi connectivity index (χ0v) is 14.3. The number of hydrogen-bond donors (Lipinski definition) is 1. The van der Waals surface area contributed by atoms with E-state index in [0.29, 0.717) is 43.7 Å². The van der Waals surface area contributed by atoms with Crippen molar-refractivity contribution in [2.45, 2.75) is 24.9 Å². The number of nitrogens with zero attached hydrogens (tertiary/aromatic N) is 1. The Hall–Kier alpha value is -2.47. The van der Waals surface area contributed by atoms with Gasteiger partial charge in [-0.05, 0) is 67.8 Å². The van der Waals surface area contributed by atoms with Crippen molar-refractivity contribution in [1.82, 2.24) is 4.90 Å². The second kappa shape index (κ2) is 7.83. The number of carbonyl (C=O) groups is 1. The molecule has 4 nitrogen and oxygen atoms in total. The minimum atomic E-state index is -1.05. The van der Waals surface area contributed by atoms with E-state index in [1.54, 1.807) is 4.90 Å². The normalized spacial score (nSPS) is 20.5. The number of ether oxygens (including phenoxy) is 1. The van der Waals surface area contributed by atoms with Crippen LogP contribution in [0.3, 0.4) is 0 Å². The Morgan fingerprint density at radius 3 is 2.27 bits per heavy atom. The number of benzene rings is 2. The van der Waals surface area contributed by atoms with Crippen LogP contribution < -0.4 is 4.74 Å². The van der Waals surface area contributed by atoms with Gasteiger partial charge in [0.2, 0.25) is 0 Å². The SMILES string of the molecule is O=C(c1ccc(F)cc1)N1CCCC(O)(COc2ccc(F)cc2)CC1. The van der Waals surface area contributed by atoms with Crippen LogP contribution in [0.1, 0.15) is 29.6 Å². The Morgan fingerprint density at radius 1 is 1.00 bits per heavy atom. The van der Waals surface area contributed by atoms with E-state index in [0.717, 1.165) is 0 Å². The summed E-state index contributed by atoms with van der Waals surface area (Å²) in [4.78, 5) is 14.2. The van der Waals surface area contributed by atoms with Gasteiger partial charge >= 0.3 is 0 Å². The standard InChI is InChI=1S/C20H21F2NO3/c21-16-4-2-15(3-5-16)19(24)23-12-1-10-20(25,11-13-23)14-26-18-8-6-17(22)7-9-18/h2-9,25H,1,10-14H2. The number of rotatable bonds is 4. The predicted molar refractivity (Wildman–Crippen MR) is 93.0 cm³/mol. The highest BCUT2D eigenvalue weighted by atomic mass is 19.1. The van der Waals surface area contributed by atoms with Crippen LogP contribution >= 0.6 is 0 Å². The minimum absolute atomic E-state index is 0.0806. The maximum atomic E-state index is 13.0. The molecule has 1 unspecified atom stereocenters. The lowest BCUT2D eigenvalue weighted by molar-refractivity contribution is -0.0163. The van der Waals surface area contributed by atoms with E-state index in [1.165, 1.54) is 48.5 Å². The molecule has 1 amide bonds. The summed E-state index contributed by atoms with van der Waals surface area (Å²) in [6.07, 6.45) is 1.51. The molecule has 0 aliphatic carbocycles. The number of hydrogen-bond acceptors (Lipinski definition) is 3. The van der Waals surface area contributed by atoms with Crippen LogP contribution in [0, 0.1) is 11.6 Å². The van der Waals surface area contributed by atoms with Gasteiger partial charge in [0.1, 0.15) is 29.6 Å². The summed E-state index contributed by atoms with van der Waals surface area (Å²) < 4.78 is 31.5. The van der Waals surface area contributed by atoms with Crippen molar-refractivity contribution in [2.24, 2.45) is 0 Å². The molecule has 0 saturated carbocycles. The van der Waals surface area contributed by atoms with Gasteiger partial charge < -0.3 is 14.7 Å². The van der Waals surface area contributed by atoms with Crippen LogP contribution in [0.5, 0.6) is 5.75 Å². The summed E-state index contributed by atoms with van der Waals surface area (Å²) >= 11 is 0. The zero-order chi connectivity index (χ0) is 18.6. The van der Waals surface area contributed by atoms with Gasteiger partial charge in [-0.1, -0.05) is 0 Å². The summed E-state index contributed by atoms with van der Waals surface area (Å²) in [5, 5.41) is 10.8.